The number of carbonyl (C=O) groups is 3. The molecule has 3 saturated carbocycles. The van der Waals surface area contributed by atoms with Crippen LogP contribution in [-0.2, 0) is 19.1 Å². The molecule has 3 aliphatic carbocycles. The van der Waals surface area contributed by atoms with Crippen molar-refractivity contribution in [1.29, 1.82) is 0 Å². The number of rotatable bonds is 7. The summed E-state index contributed by atoms with van der Waals surface area (Å²) in [4.78, 5) is 41.7. The average Bonchev–Trinajstić information content (AvgIpc) is 3.29. The molecule has 7 nitrogen and oxygen atoms in total. The molecule has 4 aliphatic rings. The van der Waals surface area contributed by atoms with Crippen LogP contribution in [0.5, 0.6) is 0 Å². The molecule has 2 bridgehead atoms. The SMILES string of the molecule is C=C[C@]1(C)C[C@@H](OC(=O)CS[C@H]2CCCN(C(=O)[C@H](N)C(C)C)C2)[C@]2(C)[C@H](C)CC[C@]3(CCC(=O)[C@H]32)[C@@H](C)[C@@H]1O.Cl. The van der Waals surface area contributed by atoms with Gasteiger partial charge in [-0.25, -0.2) is 0 Å². The van der Waals surface area contributed by atoms with Crippen LogP contribution in [0.4, 0.5) is 0 Å². The Hall–Kier alpha value is -1.09. The topological polar surface area (TPSA) is 110 Å². The van der Waals surface area contributed by atoms with Gasteiger partial charge >= 0.3 is 5.97 Å². The number of nitrogens with two attached hydrogens (primary N) is 1. The molecular weight excluding hydrogens is 560 g/mol. The summed E-state index contributed by atoms with van der Waals surface area (Å²) in [5.74, 6) is 0.158. The van der Waals surface area contributed by atoms with Gasteiger partial charge in [-0.05, 0) is 61.7 Å². The lowest BCUT2D eigenvalue weighted by molar-refractivity contribution is -0.205. The van der Waals surface area contributed by atoms with E-state index in [0.29, 0.717) is 25.9 Å². The highest BCUT2D eigenvalue weighted by molar-refractivity contribution is 8.00. The van der Waals surface area contributed by atoms with E-state index >= 15 is 0 Å². The van der Waals surface area contributed by atoms with E-state index in [4.69, 9.17) is 10.5 Å². The number of amides is 1. The minimum absolute atomic E-state index is 0. The maximum absolute atomic E-state index is 13.6. The minimum Gasteiger partial charge on any atom is -0.461 e. The first-order valence-corrected chi connectivity index (χ1v) is 16.5. The number of hydrogen-bond acceptors (Lipinski definition) is 7. The molecule has 0 aromatic heterocycles. The minimum atomic E-state index is -0.671. The zero-order chi connectivity index (χ0) is 29.6. The predicted octanol–water partition coefficient (Wildman–Crippen LogP) is 5.02. The number of nitrogens with zero attached hydrogens (tertiary/aromatic N) is 1. The maximum Gasteiger partial charge on any atom is 0.316 e. The normalized spacial score (nSPS) is 41.5. The van der Waals surface area contributed by atoms with Crippen molar-refractivity contribution >= 4 is 41.8 Å². The van der Waals surface area contributed by atoms with Crippen LogP contribution in [0.1, 0.15) is 86.5 Å². The molecule has 1 heterocycles. The van der Waals surface area contributed by atoms with Crippen LogP contribution in [0.15, 0.2) is 12.7 Å². The number of ether oxygens (including phenoxy) is 1. The zero-order valence-electron chi connectivity index (χ0n) is 25.9. The van der Waals surface area contributed by atoms with Crippen LogP contribution in [-0.4, -0.2) is 70.0 Å². The van der Waals surface area contributed by atoms with E-state index in [1.165, 1.54) is 0 Å². The Balaban J connectivity index is 0.00000462. The summed E-state index contributed by atoms with van der Waals surface area (Å²) < 4.78 is 6.38. The summed E-state index contributed by atoms with van der Waals surface area (Å²) in [6.45, 7) is 17.8. The van der Waals surface area contributed by atoms with Crippen LogP contribution < -0.4 is 5.73 Å². The number of halogens is 1. The number of hydrogen-bond donors (Lipinski definition) is 2. The van der Waals surface area contributed by atoms with Gasteiger partial charge in [-0.1, -0.05) is 47.6 Å². The molecule has 1 amide bonds. The molecule has 0 aromatic carbocycles. The number of carbonyl (C=O) groups excluding carboxylic acids is 3. The standard InChI is InChI=1S/C32H52N2O5S.ClH/c1-8-30(6)16-24(31(7)20(4)11-13-32(21(5)28(30)37)14-12-23(35)27(31)32)39-25(36)18-40-22-10-9-15-34(17-22)29(38)26(33)19(2)3;/h8,19-22,24,26-28,37H,1,9-18,33H2,2-7H3;1H/t20-,21+,22+,24-,26-,27+,28+,30-,31+,32+;/m1./s1. The van der Waals surface area contributed by atoms with Crippen LogP contribution in [0.2, 0.25) is 0 Å². The first kappa shape index (κ1) is 34.4. The van der Waals surface area contributed by atoms with Crippen molar-refractivity contribution in [2.75, 3.05) is 18.8 Å². The van der Waals surface area contributed by atoms with E-state index in [9.17, 15) is 19.5 Å². The highest BCUT2D eigenvalue weighted by atomic mass is 35.5. The molecular formula is C32H53ClN2O5S. The zero-order valence-corrected chi connectivity index (χ0v) is 27.5. The molecule has 10 atom stereocenters. The molecule has 9 heteroatoms. The molecule has 0 aromatic rings. The summed E-state index contributed by atoms with van der Waals surface area (Å²) in [5.41, 5.74) is 4.70. The summed E-state index contributed by atoms with van der Waals surface area (Å²) >= 11 is 1.55. The Labute approximate surface area is 257 Å². The third kappa shape index (κ3) is 6.01. The van der Waals surface area contributed by atoms with Gasteiger partial charge in [0, 0.05) is 41.5 Å². The van der Waals surface area contributed by atoms with Crippen molar-refractivity contribution in [3.8, 4) is 0 Å². The molecule has 0 unspecified atom stereocenters. The Morgan fingerprint density at radius 2 is 1.93 bits per heavy atom. The lowest BCUT2D eigenvalue weighted by Crippen LogP contribution is -2.63. The smallest absolute Gasteiger partial charge is 0.316 e. The number of ketones is 1. The van der Waals surface area contributed by atoms with E-state index in [0.717, 1.165) is 32.1 Å². The van der Waals surface area contributed by atoms with Crippen molar-refractivity contribution in [2.24, 2.45) is 45.7 Å². The van der Waals surface area contributed by atoms with Gasteiger partial charge in [0.2, 0.25) is 5.91 Å². The fraction of sp³-hybridized carbons (Fsp3) is 0.844. The first-order valence-electron chi connectivity index (χ1n) is 15.4. The molecule has 41 heavy (non-hydrogen) atoms. The van der Waals surface area contributed by atoms with Crippen molar-refractivity contribution in [1.82, 2.24) is 4.90 Å². The van der Waals surface area contributed by atoms with E-state index in [1.807, 2.05) is 31.7 Å². The van der Waals surface area contributed by atoms with Crippen molar-refractivity contribution < 1.29 is 24.2 Å². The number of esters is 1. The third-order valence-corrected chi connectivity index (χ3v) is 13.0. The number of likely N-dealkylation sites (tertiary alicyclic amines) is 1. The largest absolute Gasteiger partial charge is 0.461 e. The Bertz CT molecular complexity index is 1010. The van der Waals surface area contributed by atoms with Crippen LogP contribution >= 0.6 is 24.2 Å². The number of Topliss-reactive ketones (excluding diaryl/α,β-unsaturated/α-hetero) is 1. The van der Waals surface area contributed by atoms with Gasteiger partial charge in [-0.15, -0.1) is 30.7 Å². The third-order valence-electron chi connectivity index (χ3n) is 11.7. The van der Waals surface area contributed by atoms with Gasteiger partial charge in [-0.2, -0.15) is 0 Å². The van der Waals surface area contributed by atoms with Gasteiger partial charge in [0.05, 0.1) is 17.9 Å². The van der Waals surface area contributed by atoms with Crippen molar-refractivity contribution in [3.63, 3.8) is 0 Å². The lowest BCUT2D eigenvalue weighted by atomic mass is 9.44. The van der Waals surface area contributed by atoms with Crippen LogP contribution in [0.25, 0.3) is 0 Å². The molecule has 234 valence electrons. The second-order valence-corrected chi connectivity index (χ2v) is 15.5. The summed E-state index contributed by atoms with van der Waals surface area (Å²) in [7, 11) is 0. The van der Waals surface area contributed by atoms with Crippen molar-refractivity contribution in [3.05, 3.63) is 12.7 Å². The molecule has 0 radical (unpaired) electrons. The molecule has 3 N–H and O–H groups in total. The highest BCUT2D eigenvalue weighted by Crippen LogP contribution is 2.68. The lowest BCUT2D eigenvalue weighted by Gasteiger charge is -2.61. The van der Waals surface area contributed by atoms with E-state index in [2.05, 4.69) is 27.4 Å². The number of thioether (sulfide) groups is 1. The number of aliphatic hydroxyl groups excluding tert-OH is 1. The monoisotopic (exact) mass is 612 g/mol. The average molecular weight is 613 g/mol. The quantitative estimate of drug-likeness (QED) is 0.307. The van der Waals surface area contributed by atoms with Crippen molar-refractivity contribution in [2.45, 2.75) is 110 Å². The predicted molar refractivity (Wildman–Crippen MR) is 167 cm³/mol. The molecule has 1 saturated heterocycles. The molecule has 4 rings (SSSR count). The van der Waals surface area contributed by atoms with Gasteiger partial charge in [0.1, 0.15) is 11.9 Å². The fourth-order valence-corrected chi connectivity index (χ4v) is 9.71. The Morgan fingerprint density at radius 1 is 1.24 bits per heavy atom. The van der Waals surface area contributed by atoms with Gasteiger partial charge in [0.25, 0.3) is 0 Å². The van der Waals surface area contributed by atoms with Gasteiger partial charge in [-0.3, -0.25) is 14.4 Å². The van der Waals surface area contributed by atoms with Gasteiger partial charge in [0.15, 0.2) is 0 Å². The molecule has 1 aliphatic heterocycles. The Kier molecular flexibility index (Phi) is 10.8. The second kappa shape index (κ2) is 12.9. The number of aliphatic hydroxyl groups is 1. The first-order chi connectivity index (χ1) is 18.7. The van der Waals surface area contributed by atoms with E-state index in [-0.39, 0.29) is 70.2 Å². The summed E-state index contributed by atoms with van der Waals surface area (Å²) in [6.07, 6.45) is 6.12. The van der Waals surface area contributed by atoms with Gasteiger partial charge < -0.3 is 20.5 Å². The molecule has 0 spiro atoms. The fourth-order valence-electron chi connectivity index (χ4n) is 8.65. The Morgan fingerprint density at radius 3 is 2.56 bits per heavy atom. The summed E-state index contributed by atoms with van der Waals surface area (Å²) in [6, 6.07) is -0.506. The van der Waals surface area contributed by atoms with Crippen LogP contribution in [0, 0.1) is 39.9 Å². The van der Waals surface area contributed by atoms with E-state index in [1.54, 1.807) is 11.8 Å². The summed E-state index contributed by atoms with van der Waals surface area (Å²) in [5, 5.41) is 11.8. The second-order valence-electron chi connectivity index (χ2n) is 14.2. The van der Waals surface area contributed by atoms with Crippen LogP contribution in [0.3, 0.4) is 0 Å². The highest BCUT2D eigenvalue weighted by Gasteiger charge is 2.68. The van der Waals surface area contributed by atoms with E-state index < -0.39 is 29.1 Å². The molecule has 4 fully saturated rings. The maximum atomic E-state index is 13.6. The number of piperidine rings is 1.